The summed E-state index contributed by atoms with van der Waals surface area (Å²) in [4.78, 5) is 9.95. The van der Waals surface area contributed by atoms with E-state index in [0.717, 1.165) is 25.7 Å². The van der Waals surface area contributed by atoms with Gasteiger partial charge in [-0.3, -0.25) is 10.1 Å². The average Bonchev–Trinajstić information content (AvgIpc) is 2.79. The average molecular weight is 187 g/mol. The first-order chi connectivity index (χ1) is 6.22. The Kier molecular flexibility index (Phi) is 2.22. The van der Waals surface area contributed by atoms with E-state index in [1.807, 2.05) is 0 Å². The molecule has 0 N–H and O–H groups in total. The molecule has 74 valence electrons. The van der Waals surface area contributed by atoms with Crippen LogP contribution >= 0.6 is 0 Å². The van der Waals surface area contributed by atoms with Gasteiger partial charge in [0.2, 0.25) is 6.04 Å². The lowest BCUT2D eigenvalue weighted by molar-refractivity contribution is -0.502. The van der Waals surface area contributed by atoms with Crippen molar-refractivity contribution >= 4 is 0 Å². The molecule has 0 unspecified atom stereocenters. The van der Waals surface area contributed by atoms with Crippen LogP contribution in [0, 0.1) is 22.0 Å². The van der Waals surface area contributed by atoms with E-state index in [1.165, 1.54) is 6.42 Å². The Morgan fingerprint density at radius 1 is 1.23 bits per heavy atom. The Morgan fingerprint density at radius 2 is 1.85 bits per heavy atom. The zero-order valence-corrected chi connectivity index (χ0v) is 7.49. The van der Waals surface area contributed by atoms with Crippen molar-refractivity contribution in [1.82, 2.24) is 0 Å². The molecule has 2 rings (SSSR count). The summed E-state index contributed by atoms with van der Waals surface area (Å²) < 4.78 is 13.0. The van der Waals surface area contributed by atoms with Gasteiger partial charge in [0.25, 0.3) is 0 Å². The molecule has 0 bridgehead atoms. The number of halogens is 1. The summed E-state index contributed by atoms with van der Waals surface area (Å²) in [6.07, 6.45) is 4.29. The fourth-order valence-corrected chi connectivity index (χ4v) is 2.59. The van der Waals surface area contributed by atoms with E-state index in [9.17, 15) is 14.5 Å². The second-order valence-electron chi connectivity index (χ2n) is 4.20. The van der Waals surface area contributed by atoms with E-state index < -0.39 is 17.1 Å². The Bertz CT molecular complexity index is 216. The van der Waals surface area contributed by atoms with E-state index in [2.05, 4.69) is 0 Å². The van der Waals surface area contributed by atoms with Crippen LogP contribution in [-0.2, 0) is 0 Å². The molecule has 2 aliphatic carbocycles. The lowest BCUT2D eigenvalue weighted by atomic mass is 9.85. The van der Waals surface area contributed by atoms with Gasteiger partial charge in [-0.15, -0.1) is 0 Å². The number of rotatable bonds is 2. The second-order valence-corrected chi connectivity index (χ2v) is 4.20. The van der Waals surface area contributed by atoms with Gasteiger partial charge in [0.05, 0.1) is 5.92 Å². The van der Waals surface area contributed by atoms with E-state index in [1.54, 1.807) is 0 Å². The van der Waals surface area contributed by atoms with E-state index in [4.69, 9.17) is 0 Å². The molecule has 2 fully saturated rings. The molecule has 0 spiro atoms. The lowest BCUT2D eigenvalue weighted by Crippen LogP contribution is -2.14. The maximum absolute atomic E-state index is 13.0. The molecule has 2 saturated carbocycles. The molecule has 0 aromatic heterocycles. The van der Waals surface area contributed by atoms with Gasteiger partial charge in [0.15, 0.2) is 6.17 Å². The highest BCUT2D eigenvalue weighted by molar-refractivity contribution is 5.02. The largest absolute Gasteiger partial charge is 0.264 e. The fraction of sp³-hybridized carbons (Fsp3) is 1.00. The van der Waals surface area contributed by atoms with Gasteiger partial charge in [-0.2, -0.15) is 0 Å². The van der Waals surface area contributed by atoms with Crippen molar-refractivity contribution in [3.05, 3.63) is 10.1 Å². The topological polar surface area (TPSA) is 43.1 Å². The lowest BCUT2D eigenvalue weighted by Gasteiger charge is -2.19. The quantitative estimate of drug-likeness (QED) is 0.491. The second kappa shape index (κ2) is 3.24. The van der Waals surface area contributed by atoms with Gasteiger partial charge < -0.3 is 0 Å². The molecule has 3 nitrogen and oxygen atoms in total. The van der Waals surface area contributed by atoms with Gasteiger partial charge in [-0.25, -0.2) is 4.39 Å². The molecule has 2 aliphatic rings. The standard InChI is InChI=1S/C9H14FNO2/c10-8-7(9(8)11(12)13)6-4-2-1-3-5-6/h6-9H,1-5H2/t7-,8+,9+/m0/s1. The number of hydrogen-bond donors (Lipinski definition) is 0. The molecule has 13 heavy (non-hydrogen) atoms. The van der Waals surface area contributed by atoms with E-state index >= 15 is 0 Å². The highest BCUT2D eigenvalue weighted by atomic mass is 19.1. The van der Waals surface area contributed by atoms with Gasteiger partial charge in [0, 0.05) is 4.92 Å². The number of hydrogen-bond acceptors (Lipinski definition) is 2. The van der Waals surface area contributed by atoms with Gasteiger partial charge >= 0.3 is 0 Å². The van der Waals surface area contributed by atoms with Crippen LogP contribution in [0.3, 0.4) is 0 Å². The summed E-state index contributed by atoms with van der Waals surface area (Å²) in [5.41, 5.74) is 0. The van der Waals surface area contributed by atoms with Gasteiger partial charge in [-0.05, 0) is 18.8 Å². The molecule has 3 atom stereocenters. The van der Waals surface area contributed by atoms with Crippen LogP contribution in [-0.4, -0.2) is 17.1 Å². The van der Waals surface area contributed by atoms with Crippen LogP contribution in [0.2, 0.25) is 0 Å². The normalized spacial score (nSPS) is 40.2. The first-order valence-electron chi connectivity index (χ1n) is 4.99. The zero-order chi connectivity index (χ0) is 9.42. The minimum atomic E-state index is -1.15. The zero-order valence-electron chi connectivity index (χ0n) is 7.49. The van der Waals surface area contributed by atoms with Crippen LogP contribution < -0.4 is 0 Å². The predicted octanol–water partition coefficient (Wildman–Crippen LogP) is 2.18. The molecule has 0 aromatic carbocycles. The van der Waals surface area contributed by atoms with Crippen molar-refractivity contribution in [1.29, 1.82) is 0 Å². The van der Waals surface area contributed by atoms with Gasteiger partial charge in [-0.1, -0.05) is 19.3 Å². The molecular formula is C9H14FNO2. The highest BCUT2D eigenvalue weighted by Gasteiger charge is 2.64. The first kappa shape index (κ1) is 8.91. The highest BCUT2D eigenvalue weighted by Crippen LogP contribution is 2.47. The Balaban J connectivity index is 1.91. The van der Waals surface area contributed by atoms with E-state index in [0.29, 0.717) is 5.92 Å². The Hall–Kier alpha value is -0.670. The molecule has 0 heterocycles. The summed E-state index contributed by atoms with van der Waals surface area (Å²) in [6.45, 7) is 0. The van der Waals surface area contributed by atoms with Crippen molar-refractivity contribution in [3.63, 3.8) is 0 Å². The van der Waals surface area contributed by atoms with E-state index in [-0.39, 0.29) is 5.92 Å². The minimum Gasteiger partial charge on any atom is -0.264 e. The number of alkyl halides is 1. The predicted molar refractivity (Wildman–Crippen MR) is 45.7 cm³/mol. The van der Waals surface area contributed by atoms with Crippen molar-refractivity contribution in [3.8, 4) is 0 Å². The van der Waals surface area contributed by atoms with Crippen molar-refractivity contribution in [2.24, 2.45) is 11.8 Å². The van der Waals surface area contributed by atoms with Crippen LogP contribution in [0.4, 0.5) is 4.39 Å². The van der Waals surface area contributed by atoms with Crippen LogP contribution in [0.25, 0.3) is 0 Å². The maximum Gasteiger partial charge on any atom is 0.250 e. The fourth-order valence-electron chi connectivity index (χ4n) is 2.59. The monoisotopic (exact) mass is 187 g/mol. The Labute approximate surface area is 76.5 Å². The molecule has 0 aliphatic heterocycles. The molecule has 0 saturated heterocycles. The molecule has 4 heteroatoms. The third-order valence-corrected chi connectivity index (χ3v) is 3.39. The summed E-state index contributed by atoms with van der Waals surface area (Å²) in [5.74, 6) is 0.0365. The third kappa shape index (κ3) is 1.54. The van der Waals surface area contributed by atoms with Crippen molar-refractivity contribution in [2.45, 2.75) is 44.3 Å². The third-order valence-electron chi connectivity index (χ3n) is 3.39. The Morgan fingerprint density at radius 3 is 2.31 bits per heavy atom. The summed E-state index contributed by atoms with van der Waals surface area (Å²) in [6, 6.07) is -0.872. The molecule has 0 radical (unpaired) electrons. The van der Waals surface area contributed by atoms with Crippen LogP contribution in [0.5, 0.6) is 0 Å². The van der Waals surface area contributed by atoms with Crippen molar-refractivity contribution < 1.29 is 9.31 Å². The molecular weight excluding hydrogens is 173 g/mol. The summed E-state index contributed by atoms with van der Waals surface area (Å²) >= 11 is 0. The number of nitrogens with zero attached hydrogens (tertiary/aromatic N) is 1. The van der Waals surface area contributed by atoms with Crippen molar-refractivity contribution in [2.75, 3.05) is 0 Å². The van der Waals surface area contributed by atoms with Crippen LogP contribution in [0.1, 0.15) is 32.1 Å². The van der Waals surface area contributed by atoms with Gasteiger partial charge in [0.1, 0.15) is 0 Å². The molecule has 0 amide bonds. The smallest absolute Gasteiger partial charge is 0.250 e. The minimum absolute atomic E-state index is 0.254. The molecule has 0 aromatic rings. The van der Waals surface area contributed by atoms with Crippen LogP contribution in [0.15, 0.2) is 0 Å². The first-order valence-corrected chi connectivity index (χ1v) is 4.99. The SMILES string of the molecule is O=[N+]([O-])[C@H]1[C@H](F)[C@@H]1C1CCCCC1. The number of nitro groups is 1. The maximum atomic E-state index is 13.0. The summed E-state index contributed by atoms with van der Waals surface area (Å²) in [5, 5.41) is 10.4. The summed E-state index contributed by atoms with van der Waals surface area (Å²) in [7, 11) is 0.